The van der Waals surface area contributed by atoms with Gasteiger partial charge in [0.05, 0.1) is 10.0 Å². The molecule has 0 saturated carbocycles. The highest BCUT2D eigenvalue weighted by Gasteiger charge is 2.01. The first-order valence-electron chi connectivity index (χ1n) is 4.53. The molecule has 16 heavy (non-hydrogen) atoms. The Morgan fingerprint density at radius 1 is 0.812 bits per heavy atom. The summed E-state index contributed by atoms with van der Waals surface area (Å²) in [5.41, 5.74) is 0. The molecule has 2 rings (SSSR count). The van der Waals surface area contributed by atoms with Crippen molar-refractivity contribution in [2.24, 2.45) is 0 Å². The van der Waals surface area contributed by atoms with Gasteiger partial charge in [-0.25, -0.2) is 0 Å². The zero-order chi connectivity index (χ0) is 11.5. The van der Waals surface area contributed by atoms with Crippen LogP contribution in [0.2, 0.25) is 10.0 Å². The average molecular weight is 365 g/mol. The van der Waals surface area contributed by atoms with Crippen LogP contribution in [0.4, 0.5) is 0 Å². The normalized spacial score (nSPS) is 10.2. The van der Waals surface area contributed by atoms with E-state index in [0.717, 1.165) is 5.75 Å². The molecule has 4 heteroatoms. The summed E-state index contributed by atoms with van der Waals surface area (Å²) in [5, 5.41) is 1.02. The second-order valence-corrected chi connectivity index (χ2v) is 5.19. The fraction of sp³-hybridized carbons (Fsp3) is 0. The lowest BCUT2D eigenvalue weighted by Crippen LogP contribution is -1.84. The van der Waals surface area contributed by atoms with Crippen molar-refractivity contribution in [2.45, 2.75) is 0 Å². The first-order chi connectivity index (χ1) is 7.65. The Balaban J connectivity index is 2.20. The van der Waals surface area contributed by atoms with Gasteiger partial charge in [-0.1, -0.05) is 23.2 Å². The minimum atomic E-state index is 0.490. The Morgan fingerprint density at radius 2 is 1.44 bits per heavy atom. The van der Waals surface area contributed by atoms with Gasteiger partial charge in [-0.2, -0.15) is 0 Å². The van der Waals surface area contributed by atoms with Crippen LogP contribution in [0.25, 0.3) is 0 Å². The van der Waals surface area contributed by atoms with Crippen molar-refractivity contribution in [1.29, 1.82) is 0 Å². The third-order valence-electron chi connectivity index (χ3n) is 1.94. The average Bonchev–Trinajstić information content (AvgIpc) is 2.27. The molecule has 1 nitrogen and oxygen atoms in total. The zero-order valence-corrected chi connectivity index (χ0v) is 11.8. The lowest BCUT2D eigenvalue weighted by molar-refractivity contribution is 0.482. The maximum absolute atomic E-state index is 5.89. The van der Waals surface area contributed by atoms with Gasteiger partial charge in [0.15, 0.2) is 0 Å². The highest BCUT2D eigenvalue weighted by molar-refractivity contribution is 14.1. The standard InChI is InChI=1S/C12H7Cl2IO/c13-11-6-5-10(7-12(11)14)16-9-3-1-8(15)2-4-9/h1-7H. The van der Waals surface area contributed by atoms with E-state index in [4.69, 9.17) is 27.9 Å². The van der Waals surface area contributed by atoms with Crippen LogP contribution >= 0.6 is 45.8 Å². The summed E-state index contributed by atoms with van der Waals surface area (Å²) in [6.07, 6.45) is 0. The summed E-state index contributed by atoms with van der Waals surface area (Å²) < 4.78 is 6.79. The Labute approximate surface area is 117 Å². The number of hydrogen-bond acceptors (Lipinski definition) is 1. The Morgan fingerprint density at radius 3 is 2.06 bits per heavy atom. The summed E-state index contributed by atoms with van der Waals surface area (Å²) in [6, 6.07) is 13.0. The molecular weight excluding hydrogens is 358 g/mol. The molecule has 0 atom stereocenters. The van der Waals surface area contributed by atoms with Gasteiger partial charge in [0.1, 0.15) is 11.5 Å². The number of benzene rings is 2. The number of hydrogen-bond donors (Lipinski definition) is 0. The van der Waals surface area contributed by atoms with Crippen molar-refractivity contribution in [1.82, 2.24) is 0 Å². The monoisotopic (exact) mass is 364 g/mol. The lowest BCUT2D eigenvalue weighted by Gasteiger charge is -2.06. The van der Waals surface area contributed by atoms with E-state index in [-0.39, 0.29) is 0 Å². The topological polar surface area (TPSA) is 9.23 Å². The van der Waals surface area contributed by atoms with Crippen molar-refractivity contribution < 1.29 is 4.74 Å². The molecule has 0 spiro atoms. The quantitative estimate of drug-likeness (QED) is 0.649. The minimum Gasteiger partial charge on any atom is -0.457 e. The summed E-state index contributed by atoms with van der Waals surface area (Å²) >= 11 is 14.0. The third-order valence-corrected chi connectivity index (χ3v) is 3.40. The van der Waals surface area contributed by atoms with Crippen molar-refractivity contribution >= 4 is 45.8 Å². The van der Waals surface area contributed by atoms with Crippen LogP contribution in [-0.2, 0) is 0 Å². The third kappa shape index (κ3) is 3.03. The van der Waals surface area contributed by atoms with Crippen LogP contribution < -0.4 is 4.74 Å². The van der Waals surface area contributed by atoms with Gasteiger partial charge < -0.3 is 4.74 Å². The molecule has 2 aromatic rings. The Kier molecular flexibility index (Phi) is 3.95. The van der Waals surface area contributed by atoms with Gasteiger partial charge in [0.25, 0.3) is 0 Å². The fourth-order valence-corrected chi connectivity index (χ4v) is 1.83. The highest BCUT2D eigenvalue weighted by Crippen LogP contribution is 2.29. The van der Waals surface area contributed by atoms with Gasteiger partial charge >= 0.3 is 0 Å². The molecule has 0 fully saturated rings. The molecule has 82 valence electrons. The van der Waals surface area contributed by atoms with Gasteiger partial charge in [0, 0.05) is 9.64 Å². The van der Waals surface area contributed by atoms with E-state index in [1.54, 1.807) is 18.2 Å². The van der Waals surface area contributed by atoms with Crippen molar-refractivity contribution in [3.63, 3.8) is 0 Å². The van der Waals surface area contributed by atoms with E-state index in [1.807, 2.05) is 24.3 Å². The van der Waals surface area contributed by atoms with Crippen molar-refractivity contribution in [3.05, 3.63) is 56.1 Å². The summed E-state index contributed by atoms with van der Waals surface area (Å²) in [7, 11) is 0. The highest BCUT2D eigenvalue weighted by atomic mass is 127. The molecule has 0 N–H and O–H groups in total. The molecule has 0 amide bonds. The maximum atomic E-state index is 5.89. The molecule has 0 bridgehead atoms. The number of rotatable bonds is 2. The van der Waals surface area contributed by atoms with Crippen LogP contribution in [0.1, 0.15) is 0 Å². The van der Waals surface area contributed by atoms with E-state index >= 15 is 0 Å². The van der Waals surface area contributed by atoms with E-state index in [2.05, 4.69) is 22.6 Å². The van der Waals surface area contributed by atoms with Crippen LogP contribution in [0, 0.1) is 3.57 Å². The molecule has 2 aromatic carbocycles. The molecule has 0 aromatic heterocycles. The first kappa shape index (κ1) is 12.0. The van der Waals surface area contributed by atoms with Gasteiger partial charge in [-0.05, 0) is 59.0 Å². The first-order valence-corrected chi connectivity index (χ1v) is 6.37. The van der Waals surface area contributed by atoms with E-state index < -0.39 is 0 Å². The predicted molar refractivity (Wildman–Crippen MR) is 75.7 cm³/mol. The molecule has 0 aliphatic carbocycles. The minimum absolute atomic E-state index is 0.490. The van der Waals surface area contributed by atoms with E-state index in [9.17, 15) is 0 Å². The summed E-state index contributed by atoms with van der Waals surface area (Å²) in [4.78, 5) is 0. The molecule has 0 heterocycles. The lowest BCUT2D eigenvalue weighted by atomic mass is 10.3. The Hall–Kier alpha value is -0.450. The fourth-order valence-electron chi connectivity index (χ4n) is 1.18. The largest absolute Gasteiger partial charge is 0.457 e. The van der Waals surface area contributed by atoms with Gasteiger partial charge in [-0.3, -0.25) is 0 Å². The van der Waals surface area contributed by atoms with Gasteiger partial charge in [0.2, 0.25) is 0 Å². The Bertz CT molecular complexity index is 497. The van der Waals surface area contributed by atoms with Crippen LogP contribution in [0.5, 0.6) is 11.5 Å². The molecule has 0 unspecified atom stereocenters. The van der Waals surface area contributed by atoms with E-state index in [0.29, 0.717) is 15.8 Å². The zero-order valence-electron chi connectivity index (χ0n) is 8.08. The van der Waals surface area contributed by atoms with Crippen LogP contribution in [-0.4, -0.2) is 0 Å². The van der Waals surface area contributed by atoms with Crippen molar-refractivity contribution in [3.8, 4) is 11.5 Å². The van der Waals surface area contributed by atoms with Gasteiger partial charge in [-0.15, -0.1) is 0 Å². The summed E-state index contributed by atoms with van der Waals surface area (Å²) in [5.74, 6) is 1.45. The molecule has 0 aliphatic rings. The van der Waals surface area contributed by atoms with E-state index in [1.165, 1.54) is 3.57 Å². The smallest absolute Gasteiger partial charge is 0.129 e. The van der Waals surface area contributed by atoms with Crippen LogP contribution in [0.3, 0.4) is 0 Å². The number of halogens is 3. The predicted octanol–water partition coefficient (Wildman–Crippen LogP) is 5.39. The summed E-state index contributed by atoms with van der Waals surface area (Å²) in [6.45, 7) is 0. The molecule has 0 saturated heterocycles. The second-order valence-electron chi connectivity index (χ2n) is 3.13. The van der Waals surface area contributed by atoms with Crippen LogP contribution in [0.15, 0.2) is 42.5 Å². The second kappa shape index (κ2) is 5.25. The van der Waals surface area contributed by atoms with Crippen molar-refractivity contribution in [2.75, 3.05) is 0 Å². The molecule has 0 radical (unpaired) electrons. The maximum Gasteiger partial charge on any atom is 0.129 e. The SMILES string of the molecule is Clc1ccc(Oc2ccc(I)cc2)cc1Cl. The number of ether oxygens (including phenoxy) is 1. The molecule has 0 aliphatic heterocycles. The molecular formula is C12H7Cl2IO.